The predicted octanol–water partition coefficient (Wildman–Crippen LogP) is 2.00. The molecule has 1 saturated heterocycles. The van der Waals surface area contributed by atoms with E-state index in [1.807, 2.05) is 47.4 Å². The zero-order valence-corrected chi connectivity index (χ0v) is 14.2. The maximum Gasteiger partial charge on any atom is 0.239 e. The molecule has 1 atom stereocenters. The lowest BCUT2D eigenvalue weighted by Crippen LogP contribution is -2.53. The van der Waals surface area contributed by atoms with Crippen LogP contribution in [-0.4, -0.2) is 54.5 Å². The minimum absolute atomic E-state index is 0.0454. The number of hydrogen-bond donors (Lipinski definition) is 1. The topological polar surface area (TPSA) is 49.6 Å². The normalized spacial score (nSPS) is 17.4. The summed E-state index contributed by atoms with van der Waals surface area (Å²) < 4.78 is 0. The standard InChI is InChI=1S/C20H27N3O/c1-3-8-17(4-2)16-22-11-13-23(14-12-22)20(24)19(21)15-18-9-6-5-7-10-18/h3-10,19H,1-2,11-16,21H2/b17-8+/t19-/m0/s1. The van der Waals surface area contributed by atoms with Crippen LogP contribution in [0.4, 0.5) is 0 Å². The molecule has 2 N–H and O–H groups in total. The average molecular weight is 325 g/mol. The highest BCUT2D eigenvalue weighted by atomic mass is 16.2. The van der Waals surface area contributed by atoms with Crippen LogP contribution in [-0.2, 0) is 11.2 Å². The van der Waals surface area contributed by atoms with E-state index in [1.54, 1.807) is 6.08 Å². The van der Waals surface area contributed by atoms with Gasteiger partial charge in [0.1, 0.15) is 0 Å². The van der Waals surface area contributed by atoms with Crippen molar-refractivity contribution in [2.45, 2.75) is 12.5 Å². The van der Waals surface area contributed by atoms with Crippen molar-refractivity contribution in [2.75, 3.05) is 32.7 Å². The monoisotopic (exact) mass is 325 g/mol. The molecule has 4 heteroatoms. The van der Waals surface area contributed by atoms with Gasteiger partial charge < -0.3 is 10.6 Å². The van der Waals surface area contributed by atoms with Crippen LogP contribution in [0.1, 0.15) is 5.56 Å². The smallest absolute Gasteiger partial charge is 0.239 e. The second-order valence-electron chi connectivity index (χ2n) is 6.08. The van der Waals surface area contributed by atoms with Gasteiger partial charge >= 0.3 is 0 Å². The summed E-state index contributed by atoms with van der Waals surface area (Å²) in [5, 5.41) is 0. The van der Waals surface area contributed by atoms with Crippen LogP contribution in [0.25, 0.3) is 0 Å². The van der Waals surface area contributed by atoms with Crippen LogP contribution in [0.15, 0.2) is 67.3 Å². The lowest BCUT2D eigenvalue weighted by atomic mass is 10.1. The summed E-state index contributed by atoms with van der Waals surface area (Å²) in [6.07, 6.45) is 6.19. The van der Waals surface area contributed by atoms with E-state index in [2.05, 4.69) is 18.1 Å². The zero-order valence-electron chi connectivity index (χ0n) is 14.2. The molecule has 0 aliphatic carbocycles. The molecule has 0 bridgehead atoms. The van der Waals surface area contributed by atoms with Crippen molar-refractivity contribution in [3.8, 4) is 0 Å². The van der Waals surface area contributed by atoms with Gasteiger partial charge in [-0.2, -0.15) is 0 Å². The van der Waals surface area contributed by atoms with Gasteiger partial charge in [-0.15, -0.1) is 0 Å². The third kappa shape index (κ3) is 5.18. The van der Waals surface area contributed by atoms with Gasteiger partial charge in [-0.1, -0.05) is 61.7 Å². The van der Waals surface area contributed by atoms with Gasteiger partial charge in [0.05, 0.1) is 6.04 Å². The van der Waals surface area contributed by atoms with Crippen molar-refractivity contribution in [1.29, 1.82) is 0 Å². The largest absolute Gasteiger partial charge is 0.339 e. The summed E-state index contributed by atoms with van der Waals surface area (Å²) >= 11 is 0. The summed E-state index contributed by atoms with van der Waals surface area (Å²) in [4.78, 5) is 16.7. The average Bonchev–Trinajstić information content (AvgIpc) is 2.62. The summed E-state index contributed by atoms with van der Waals surface area (Å²) in [5.41, 5.74) is 8.36. The Morgan fingerprint density at radius 1 is 1.17 bits per heavy atom. The van der Waals surface area contributed by atoms with Crippen LogP contribution in [0.2, 0.25) is 0 Å². The molecular weight excluding hydrogens is 298 g/mol. The van der Waals surface area contributed by atoms with E-state index in [9.17, 15) is 4.79 Å². The SMILES string of the molecule is C=C/C=C(\C=C)CN1CCN(C(=O)[C@@H](N)Cc2ccccc2)CC1. The summed E-state index contributed by atoms with van der Waals surface area (Å²) in [7, 11) is 0. The summed E-state index contributed by atoms with van der Waals surface area (Å²) in [6.45, 7) is 11.5. The number of piperazine rings is 1. The molecule has 0 spiro atoms. The molecule has 1 aliphatic rings. The fourth-order valence-corrected chi connectivity index (χ4v) is 2.91. The Balaban J connectivity index is 1.82. The second-order valence-corrected chi connectivity index (χ2v) is 6.08. The van der Waals surface area contributed by atoms with Gasteiger partial charge in [-0.3, -0.25) is 9.69 Å². The van der Waals surface area contributed by atoms with E-state index in [0.717, 1.165) is 43.9 Å². The van der Waals surface area contributed by atoms with Crippen LogP contribution >= 0.6 is 0 Å². The van der Waals surface area contributed by atoms with Gasteiger partial charge in [-0.25, -0.2) is 0 Å². The molecule has 0 aromatic heterocycles. The molecule has 128 valence electrons. The Kier molecular flexibility index (Phi) is 6.97. The van der Waals surface area contributed by atoms with Crippen molar-refractivity contribution in [1.82, 2.24) is 9.80 Å². The van der Waals surface area contributed by atoms with E-state index in [-0.39, 0.29) is 5.91 Å². The number of amides is 1. The van der Waals surface area contributed by atoms with Gasteiger partial charge in [0.25, 0.3) is 0 Å². The molecule has 0 saturated carbocycles. The third-order valence-corrected chi connectivity index (χ3v) is 4.30. The van der Waals surface area contributed by atoms with E-state index in [4.69, 9.17) is 5.73 Å². The Morgan fingerprint density at radius 3 is 2.42 bits per heavy atom. The summed E-state index contributed by atoms with van der Waals surface area (Å²) in [5.74, 6) is 0.0454. The molecule has 1 fully saturated rings. The first-order valence-corrected chi connectivity index (χ1v) is 8.38. The third-order valence-electron chi connectivity index (χ3n) is 4.30. The first kappa shape index (κ1) is 18.2. The highest BCUT2D eigenvalue weighted by Crippen LogP contribution is 2.09. The Morgan fingerprint density at radius 2 is 1.83 bits per heavy atom. The minimum Gasteiger partial charge on any atom is -0.339 e. The number of allylic oxidation sites excluding steroid dienone is 2. The van der Waals surface area contributed by atoms with Gasteiger partial charge in [0, 0.05) is 32.7 Å². The molecule has 2 rings (SSSR count). The van der Waals surface area contributed by atoms with E-state index >= 15 is 0 Å². The van der Waals surface area contributed by atoms with Crippen LogP contribution in [0.3, 0.4) is 0 Å². The van der Waals surface area contributed by atoms with Crippen molar-refractivity contribution < 1.29 is 4.79 Å². The van der Waals surface area contributed by atoms with Crippen LogP contribution in [0, 0.1) is 0 Å². The van der Waals surface area contributed by atoms with E-state index < -0.39 is 6.04 Å². The van der Waals surface area contributed by atoms with E-state index in [0.29, 0.717) is 6.42 Å². The molecule has 1 aliphatic heterocycles. The molecule has 4 nitrogen and oxygen atoms in total. The number of carbonyl (C=O) groups is 1. The molecule has 0 unspecified atom stereocenters. The minimum atomic E-state index is -0.469. The number of nitrogens with two attached hydrogens (primary N) is 1. The lowest BCUT2D eigenvalue weighted by Gasteiger charge is -2.36. The first-order valence-electron chi connectivity index (χ1n) is 8.38. The second kappa shape index (κ2) is 9.21. The Bertz CT molecular complexity index is 586. The molecule has 1 aromatic carbocycles. The fourth-order valence-electron chi connectivity index (χ4n) is 2.91. The summed E-state index contributed by atoms with van der Waals surface area (Å²) in [6, 6.07) is 9.46. The molecule has 1 heterocycles. The van der Waals surface area contributed by atoms with Gasteiger partial charge in [-0.05, 0) is 17.6 Å². The highest BCUT2D eigenvalue weighted by molar-refractivity contribution is 5.82. The maximum absolute atomic E-state index is 12.5. The molecular formula is C20H27N3O. The van der Waals surface area contributed by atoms with Crippen molar-refractivity contribution >= 4 is 5.91 Å². The number of carbonyl (C=O) groups excluding carboxylic acids is 1. The number of rotatable bonds is 7. The Hall–Kier alpha value is -2.17. The fraction of sp³-hybridized carbons (Fsp3) is 0.350. The predicted molar refractivity (Wildman–Crippen MR) is 99.6 cm³/mol. The number of nitrogens with zero attached hydrogens (tertiary/aromatic N) is 2. The maximum atomic E-state index is 12.5. The quantitative estimate of drug-likeness (QED) is 0.780. The lowest BCUT2D eigenvalue weighted by molar-refractivity contribution is -0.134. The van der Waals surface area contributed by atoms with Crippen molar-refractivity contribution in [2.24, 2.45) is 5.73 Å². The molecule has 1 amide bonds. The molecule has 1 aromatic rings. The van der Waals surface area contributed by atoms with E-state index in [1.165, 1.54) is 0 Å². The van der Waals surface area contributed by atoms with Gasteiger partial charge in [0.2, 0.25) is 5.91 Å². The zero-order chi connectivity index (χ0) is 17.4. The van der Waals surface area contributed by atoms with Gasteiger partial charge in [0.15, 0.2) is 0 Å². The van der Waals surface area contributed by atoms with Crippen molar-refractivity contribution in [3.63, 3.8) is 0 Å². The Labute approximate surface area is 144 Å². The number of benzene rings is 1. The highest BCUT2D eigenvalue weighted by Gasteiger charge is 2.25. The van der Waals surface area contributed by atoms with Crippen LogP contribution in [0.5, 0.6) is 0 Å². The molecule has 24 heavy (non-hydrogen) atoms. The number of hydrogen-bond acceptors (Lipinski definition) is 3. The van der Waals surface area contributed by atoms with Crippen molar-refractivity contribution in [3.05, 3.63) is 72.9 Å². The molecule has 0 radical (unpaired) electrons. The first-order chi connectivity index (χ1) is 11.6. The van der Waals surface area contributed by atoms with Crippen LogP contribution < -0.4 is 5.73 Å².